The van der Waals surface area contributed by atoms with E-state index in [1.165, 1.54) is 16.4 Å². The number of hydrogen-bond acceptors (Lipinski definition) is 6. The van der Waals surface area contributed by atoms with E-state index in [2.05, 4.69) is 4.90 Å². The van der Waals surface area contributed by atoms with Crippen LogP contribution in [0.25, 0.3) is 11.3 Å². The summed E-state index contributed by atoms with van der Waals surface area (Å²) < 4.78 is 32.9. The molecule has 31 heavy (non-hydrogen) atoms. The lowest BCUT2D eigenvalue weighted by Gasteiger charge is -2.34. The molecule has 2 aromatic carbocycles. The van der Waals surface area contributed by atoms with Gasteiger partial charge in [-0.15, -0.1) is 11.3 Å². The van der Waals surface area contributed by atoms with Gasteiger partial charge in [-0.2, -0.15) is 4.31 Å². The van der Waals surface area contributed by atoms with Gasteiger partial charge in [0, 0.05) is 42.1 Å². The first-order valence-corrected chi connectivity index (χ1v) is 12.8. The molecule has 1 aliphatic rings. The van der Waals surface area contributed by atoms with Crippen molar-refractivity contribution in [2.24, 2.45) is 0 Å². The number of aromatic nitrogens is 1. The first-order chi connectivity index (χ1) is 14.9. The van der Waals surface area contributed by atoms with Crippen LogP contribution in [0, 0.1) is 0 Å². The number of ether oxygens (including phenoxy) is 1. The molecule has 2 heterocycles. The molecule has 0 aliphatic carbocycles. The zero-order valence-corrected chi connectivity index (χ0v) is 19.9. The number of rotatable bonds is 6. The maximum Gasteiger partial charge on any atom is 0.244 e. The molecule has 4 rings (SSSR count). The lowest BCUT2D eigenvalue weighted by Crippen LogP contribution is -2.48. The second kappa shape index (κ2) is 9.34. The fourth-order valence-electron chi connectivity index (χ4n) is 3.36. The Kier molecular flexibility index (Phi) is 6.74. The standard InChI is InChI=1S/C21H21Cl2N3O3S2/c1-2-29-17-6-3-15(4-7-17)19-14-30-21(24-19)25-9-11-26(12-10-25)31(27,28)20-13-16(22)5-8-18(20)23/h3-8,13-14H,2,9-12H2,1H3. The third-order valence-electron chi connectivity index (χ3n) is 4.97. The average Bonchev–Trinajstić information content (AvgIpc) is 3.26. The monoisotopic (exact) mass is 497 g/mol. The minimum absolute atomic E-state index is 0.0437. The van der Waals surface area contributed by atoms with Crippen molar-refractivity contribution >= 4 is 49.7 Å². The molecule has 0 spiro atoms. The molecule has 1 fully saturated rings. The molecule has 1 aromatic heterocycles. The second-order valence-electron chi connectivity index (χ2n) is 6.94. The smallest absolute Gasteiger partial charge is 0.244 e. The second-order valence-corrected chi connectivity index (χ2v) is 10.5. The summed E-state index contributed by atoms with van der Waals surface area (Å²) in [5.41, 5.74) is 1.91. The van der Waals surface area contributed by atoms with E-state index < -0.39 is 10.0 Å². The minimum atomic E-state index is -3.71. The number of piperazine rings is 1. The van der Waals surface area contributed by atoms with Gasteiger partial charge in [0.15, 0.2) is 5.13 Å². The highest BCUT2D eigenvalue weighted by Gasteiger charge is 2.31. The maximum atomic E-state index is 13.0. The molecule has 0 radical (unpaired) electrons. The summed E-state index contributed by atoms with van der Waals surface area (Å²) >= 11 is 13.7. The third-order valence-corrected chi connectivity index (χ3v) is 8.49. The number of hydrogen-bond donors (Lipinski definition) is 0. The van der Waals surface area contributed by atoms with Crippen molar-refractivity contribution < 1.29 is 13.2 Å². The Labute approximate surface area is 196 Å². The van der Waals surface area contributed by atoms with Crippen LogP contribution in [-0.2, 0) is 10.0 Å². The number of nitrogens with zero attached hydrogens (tertiary/aromatic N) is 3. The van der Waals surface area contributed by atoms with E-state index in [-0.39, 0.29) is 9.92 Å². The molecule has 164 valence electrons. The van der Waals surface area contributed by atoms with Crippen molar-refractivity contribution in [1.82, 2.24) is 9.29 Å². The summed E-state index contributed by atoms with van der Waals surface area (Å²) in [6, 6.07) is 12.3. The van der Waals surface area contributed by atoms with Crippen LogP contribution in [0.2, 0.25) is 10.0 Å². The average molecular weight is 498 g/mol. The predicted molar refractivity (Wildman–Crippen MR) is 126 cm³/mol. The Morgan fingerprint density at radius 1 is 1.06 bits per heavy atom. The Balaban J connectivity index is 1.44. The molecule has 1 saturated heterocycles. The van der Waals surface area contributed by atoms with Gasteiger partial charge in [-0.05, 0) is 49.4 Å². The van der Waals surface area contributed by atoms with E-state index in [9.17, 15) is 8.42 Å². The van der Waals surface area contributed by atoms with Crippen LogP contribution < -0.4 is 9.64 Å². The van der Waals surface area contributed by atoms with Crippen molar-refractivity contribution in [3.05, 3.63) is 57.9 Å². The van der Waals surface area contributed by atoms with Gasteiger partial charge in [-0.3, -0.25) is 0 Å². The van der Waals surface area contributed by atoms with Crippen molar-refractivity contribution in [2.45, 2.75) is 11.8 Å². The highest BCUT2D eigenvalue weighted by Crippen LogP contribution is 2.31. The number of thiazole rings is 1. The fraction of sp³-hybridized carbons (Fsp3) is 0.286. The largest absolute Gasteiger partial charge is 0.494 e. The van der Waals surface area contributed by atoms with E-state index in [0.717, 1.165) is 22.1 Å². The molecule has 6 nitrogen and oxygen atoms in total. The minimum Gasteiger partial charge on any atom is -0.494 e. The summed E-state index contributed by atoms with van der Waals surface area (Å²) in [6.45, 7) is 4.38. The zero-order valence-electron chi connectivity index (χ0n) is 16.8. The van der Waals surface area contributed by atoms with Crippen molar-refractivity contribution in [3.8, 4) is 17.0 Å². The first kappa shape index (κ1) is 22.4. The topological polar surface area (TPSA) is 62.7 Å². The number of sulfonamides is 1. The molecule has 0 amide bonds. The molecular formula is C21H21Cl2N3O3S2. The molecule has 0 bridgehead atoms. The van der Waals surface area contributed by atoms with Gasteiger partial charge in [0.25, 0.3) is 0 Å². The van der Waals surface area contributed by atoms with Crippen LogP contribution in [0.4, 0.5) is 5.13 Å². The van der Waals surface area contributed by atoms with E-state index >= 15 is 0 Å². The quantitative estimate of drug-likeness (QED) is 0.477. The van der Waals surface area contributed by atoms with Crippen LogP contribution in [0.1, 0.15) is 6.92 Å². The molecule has 0 atom stereocenters. The lowest BCUT2D eigenvalue weighted by molar-refractivity contribution is 0.340. The Bertz CT molecular complexity index is 1160. The van der Waals surface area contributed by atoms with E-state index in [1.54, 1.807) is 17.4 Å². The van der Waals surface area contributed by atoms with E-state index in [0.29, 0.717) is 37.8 Å². The molecule has 1 aliphatic heterocycles. The number of halogens is 2. The van der Waals surface area contributed by atoms with Crippen LogP contribution in [-0.4, -0.2) is 50.5 Å². The molecule has 0 N–H and O–H groups in total. The maximum absolute atomic E-state index is 13.0. The van der Waals surface area contributed by atoms with Crippen LogP contribution in [0.5, 0.6) is 5.75 Å². The molecule has 10 heteroatoms. The number of benzene rings is 2. The summed E-state index contributed by atoms with van der Waals surface area (Å²) in [4.78, 5) is 6.90. The van der Waals surface area contributed by atoms with Gasteiger partial charge in [0.1, 0.15) is 10.6 Å². The van der Waals surface area contributed by atoms with Gasteiger partial charge < -0.3 is 9.64 Å². The third kappa shape index (κ3) is 4.83. The first-order valence-electron chi connectivity index (χ1n) is 9.77. The molecular weight excluding hydrogens is 477 g/mol. The Hall–Kier alpha value is -1.84. The summed E-state index contributed by atoms with van der Waals surface area (Å²) in [5, 5.41) is 3.40. The molecule has 0 unspecified atom stereocenters. The van der Waals surface area contributed by atoms with Gasteiger partial charge in [-0.25, -0.2) is 13.4 Å². The van der Waals surface area contributed by atoms with Crippen LogP contribution in [0.15, 0.2) is 52.7 Å². The van der Waals surface area contributed by atoms with E-state index in [1.807, 2.05) is 36.6 Å². The Morgan fingerprint density at radius 2 is 1.77 bits per heavy atom. The highest BCUT2D eigenvalue weighted by molar-refractivity contribution is 7.89. The Morgan fingerprint density at radius 3 is 2.45 bits per heavy atom. The summed E-state index contributed by atoms with van der Waals surface area (Å²) in [7, 11) is -3.71. The van der Waals surface area contributed by atoms with Gasteiger partial charge in [0.2, 0.25) is 10.0 Å². The lowest BCUT2D eigenvalue weighted by atomic mass is 10.2. The normalized spacial score (nSPS) is 15.3. The summed E-state index contributed by atoms with van der Waals surface area (Å²) in [5.74, 6) is 0.832. The van der Waals surface area contributed by atoms with Crippen molar-refractivity contribution in [1.29, 1.82) is 0 Å². The zero-order chi connectivity index (χ0) is 22.0. The van der Waals surface area contributed by atoms with Crippen LogP contribution in [0.3, 0.4) is 0 Å². The van der Waals surface area contributed by atoms with Crippen molar-refractivity contribution in [3.63, 3.8) is 0 Å². The molecule has 3 aromatic rings. The SMILES string of the molecule is CCOc1ccc(-c2csc(N3CCN(S(=O)(=O)c4cc(Cl)ccc4Cl)CC3)n2)cc1. The summed E-state index contributed by atoms with van der Waals surface area (Å²) in [6.07, 6.45) is 0. The molecule has 0 saturated carbocycles. The predicted octanol–water partition coefficient (Wildman–Crippen LogP) is 5.03. The van der Waals surface area contributed by atoms with Crippen molar-refractivity contribution in [2.75, 3.05) is 37.7 Å². The number of anilines is 1. The highest BCUT2D eigenvalue weighted by atomic mass is 35.5. The van der Waals surface area contributed by atoms with E-state index in [4.69, 9.17) is 32.9 Å². The van der Waals surface area contributed by atoms with Gasteiger partial charge >= 0.3 is 0 Å². The van der Waals surface area contributed by atoms with Gasteiger partial charge in [-0.1, -0.05) is 23.2 Å². The van der Waals surface area contributed by atoms with Gasteiger partial charge in [0.05, 0.1) is 17.3 Å². The van der Waals surface area contributed by atoms with Crippen LogP contribution >= 0.6 is 34.5 Å². The fourth-order valence-corrected chi connectivity index (χ4v) is 6.41.